The molecular formula is C25H31N7O4. The van der Waals surface area contributed by atoms with Crippen LogP contribution in [-0.2, 0) is 6.61 Å². The molecule has 11 heteroatoms. The predicted octanol–water partition coefficient (Wildman–Crippen LogP) is 2.72. The number of ether oxygens (including phenoxy) is 3. The standard InChI is InChI=1S/C25H31N7O4/c1-34-20-9-17(10-21(11-20)35-2)16-36-23-12-22(29-30-23)28-24(33)18-13-26-25(27-14-18)32-8-7-31-6-4-3-5-19(31)15-32/h9-14,19H,3-8,15-16H2,1-2H3,(H2,28,29,30,33). The summed E-state index contributed by atoms with van der Waals surface area (Å²) in [5, 5.41) is 9.64. The number of rotatable bonds is 8. The summed E-state index contributed by atoms with van der Waals surface area (Å²) in [5.41, 5.74) is 1.23. The Labute approximate surface area is 209 Å². The Hall–Kier alpha value is -3.86. The topological polar surface area (TPSA) is 118 Å². The minimum atomic E-state index is -0.327. The van der Waals surface area contributed by atoms with Gasteiger partial charge < -0.3 is 24.4 Å². The summed E-state index contributed by atoms with van der Waals surface area (Å²) in [6, 6.07) is 7.70. The highest BCUT2D eigenvalue weighted by Gasteiger charge is 2.29. The normalized spacial score (nSPS) is 17.8. The van der Waals surface area contributed by atoms with Crippen molar-refractivity contribution in [2.75, 3.05) is 50.6 Å². The first kappa shape index (κ1) is 23.9. The van der Waals surface area contributed by atoms with Gasteiger partial charge in [-0.15, -0.1) is 5.10 Å². The molecule has 5 rings (SSSR count). The number of fused-ring (bicyclic) bond motifs is 1. The number of H-pyrrole nitrogens is 1. The van der Waals surface area contributed by atoms with Crippen LogP contribution in [0, 0.1) is 0 Å². The first-order chi connectivity index (χ1) is 17.6. The van der Waals surface area contributed by atoms with Crippen LogP contribution in [0.25, 0.3) is 0 Å². The molecule has 0 saturated carbocycles. The van der Waals surface area contributed by atoms with Crippen LogP contribution in [0.5, 0.6) is 17.4 Å². The lowest BCUT2D eigenvalue weighted by atomic mass is 10.00. The summed E-state index contributed by atoms with van der Waals surface area (Å²) in [5.74, 6) is 2.45. The van der Waals surface area contributed by atoms with Crippen molar-refractivity contribution in [1.29, 1.82) is 0 Å². The molecule has 3 aromatic rings. The molecule has 0 radical (unpaired) electrons. The van der Waals surface area contributed by atoms with Crippen molar-refractivity contribution in [2.45, 2.75) is 31.9 Å². The minimum absolute atomic E-state index is 0.260. The molecule has 1 atom stereocenters. The monoisotopic (exact) mass is 493 g/mol. The van der Waals surface area contributed by atoms with Gasteiger partial charge in [-0.05, 0) is 37.1 Å². The fourth-order valence-corrected chi connectivity index (χ4v) is 4.68. The lowest BCUT2D eigenvalue weighted by molar-refractivity contribution is 0.102. The molecule has 1 amide bonds. The number of piperazine rings is 1. The number of benzene rings is 1. The second-order valence-electron chi connectivity index (χ2n) is 8.99. The predicted molar refractivity (Wildman–Crippen MR) is 134 cm³/mol. The van der Waals surface area contributed by atoms with Gasteiger partial charge in [0.05, 0.1) is 19.8 Å². The van der Waals surface area contributed by atoms with E-state index in [-0.39, 0.29) is 12.5 Å². The molecule has 1 aromatic carbocycles. The van der Waals surface area contributed by atoms with E-state index in [2.05, 4.69) is 35.3 Å². The Morgan fingerprint density at radius 3 is 2.58 bits per heavy atom. The van der Waals surface area contributed by atoms with Gasteiger partial charge in [-0.25, -0.2) is 9.97 Å². The Bertz CT molecular complexity index is 1160. The number of aromatic amines is 1. The van der Waals surface area contributed by atoms with Crippen molar-refractivity contribution < 1.29 is 19.0 Å². The lowest BCUT2D eigenvalue weighted by Gasteiger charge is -2.44. The number of aromatic nitrogens is 4. The molecule has 2 saturated heterocycles. The smallest absolute Gasteiger partial charge is 0.259 e. The van der Waals surface area contributed by atoms with Gasteiger partial charge in [0, 0.05) is 50.2 Å². The van der Waals surface area contributed by atoms with Gasteiger partial charge in [0.2, 0.25) is 11.8 Å². The average Bonchev–Trinajstić information content (AvgIpc) is 3.38. The fourth-order valence-electron chi connectivity index (χ4n) is 4.68. The van der Waals surface area contributed by atoms with Gasteiger partial charge in [-0.2, -0.15) is 0 Å². The third kappa shape index (κ3) is 5.51. The second-order valence-corrected chi connectivity index (χ2v) is 8.99. The maximum absolute atomic E-state index is 12.7. The lowest BCUT2D eigenvalue weighted by Crippen LogP contribution is -2.55. The molecule has 2 aromatic heterocycles. The van der Waals surface area contributed by atoms with Crippen LogP contribution < -0.4 is 24.4 Å². The Balaban J connectivity index is 1.15. The van der Waals surface area contributed by atoms with Crippen LogP contribution in [-0.4, -0.2) is 77.4 Å². The van der Waals surface area contributed by atoms with E-state index < -0.39 is 0 Å². The van der Waals surface area contributed by atoms with E-state index >= 15 is 0 Å². The van der Waals surface area contributed by atoms with E-state index in [4.69, 9.17) is 14.2 Å². The van der Waals surface area contributed by atoms with Crippen LogP contribution in [0.4, 0.5) is 11.8 Å². The van der Waals surface area contributed by atoms with E-state index in [1.807, 2.05) is 12.1 Å². The zero-order valence-electron chi connectivity index (χ0n) is 20.6. The molecule has 2 aliphatic rings. The van der Waals surface area contributed by atoms with Crippen molar-refractivity contribution in [3.8, 4) is 17.4 Å². The molecule has 190 valence electrons. The summed E-state index contributed by atoms with van der Waals surface area (Å²) in [6.45, 7) is 4.32. The first-order valence-electron chi connectivity index (χ1n) is 12.1. The van der Waals surface area contributed by atoms with E-state index in [0.29, 0.717) is 40.8 Å². The third-order valence-corrected chi connectivity index (χ3v) is 6.62. The van der Waals surface area contributed by atoms with Crippen molar-refractivity contribution in [3.63, 3.8) is 0 Å². The Kier molecular flexibility index (Phi) is 7.17. The molecule has 11 nitrogen and oxygen atoms in total. The summed E-state index contributed by atoms with van der Waals surface area (Å²) >= 11 is 0. The number of methoxy groups -OCH3 is 2. The SMILES string of the molecule is COc1cc(COc2cc(NC(=O)c3cnc(N4CCN5CCCCC5C4)nc3)[nH]n2)cc(OC)c1. The van der Waals surface area contributed by atoms with E-state index in [9.17, 15) is 4.79 Å². The second kappa shape index (κ2) is 10.8. The number of anilines is 2. The number of nitrogens with one attached hydrogen (secondary N) is 2. The highest BCUT2D eigenvalue weighted by Crippen LogP contribution is 2.25. The van der Waals surface area contributed by atoms with Crippen LogP contribution in [0.15, 0.2) is 36.7 Å². The number of nitrogens with zero attached hydrogens (tertiary/aromatic N) is 5. The summed E-state index contributed by atoms with van der Waals surface area (Å²) in [7, 11) is 3.19. The third-order valence-electron chi connectivity index (χ3n) is 6.62. The minimum Gasteiger partial charge on any atom is -0.497 e. The highest BCUT2D eigenvalue weighted by molar-refractivity contribution is 6.03. The molecule has 2 N–H and O–H groups in total. The van der Waals surface area contributed by atoms with E-state index in [1.165, 1.54) is 25.8 Å². The van der Waals surface area contributed by atoms with Gasteiger partial charge in [0.1, 0.15) is 23.9 Å². The molecule has 0 aliphatic carbocycles. The molecule has 2 fully saturated rings. The van der Waals surface area contributed by atoms with Crippen molar-refractivity contribution in [3.05, 3.63) is 47.8 Å². The average molecular weight is 494 g/mol. The molecule has 36 heavy (non-hydrogen) atoms. The van der Waals surface area contributed by atoms with Gasteiger partial charge >= 0.3 is 0 Å². The van der Waals surface area contributed by atoms with Crippen LogP contribution in [0.1, 0.15) is 35.2 Å². The van der Waals surface area contributed by atoms with Crippen LogP contribution in [0.2, 0.25) is 0 Å². The number of amides is 1. The Morgan fingerprint density at radius 2 is 1.83 bits per heavy atom. The van der Waals surface area contributed by atoms with E-state index in [0.717, 1.165) is 25.2 Å². The molecular weight excluding hydrogens is 462 g/mol. The molecule has 4 heterocycles. The Morgan fingerprint density at radius 1 is 1.06 bits per heavy atom. The number of hydrogen-bond donors (Lipinski definition) is 2. The van der Waals surface area contributed by atoms with Crippen molar-refractivity contribution >= 4 is 17.7 Å². The van der Waals surface area contributed by atoms with Crippen LogP contribution in [0.3, 0.4) is 0 Å². The quantitative estimate of drug-likeness (QED) is 0.488. The molecule has 0 bridgehead atoms. The number of carbonyl (C=O) groups is 1. The number of hydrogen-bond acceptors (Lipinski definition) is 9. The molecule has 0 spiro atoms. The van der Waals surface area contributed by atoms with Gasteiger partial charge in [0.25, 0.3) is 5.91 Å². The summed E-state index contributed by atoms with van der Waals surface area (Å²) in [4.78, 5) is 26.4. The number of carbonyl (C=O) groups excluding carboxylic acids is 1. The number of piperidine rings is 1. The maximum Gasteiger partial charge on any atom is 0.259 e. The maximum atomic E-state index is 12.7. The largest absolute Gasteiger partial charge is 0.497 e. The van der Waals surface area contributed by atoms with Gasteiger partial charge in [-0.1, -0.05) is 6.42 Å². The highest BCUT2D eigenvalue weighted by atomic mass is 16.5. The van der Waals surface area contributed by atoms with Gasteiger partial charge in [0.15, 0.2) is 0 Å². The van der Waals surface area contributed by atoms with Crippen molar-refractivity contribution in [1.82, 2.24) is 25.1 Å². The molecule has 2 aliphatic heterocycles. The van der Waals surface area contributed by atoms with E-state index in [1.54, 1.807) is 38.7 Å². The first-order valence-corrected chi connectivity index (χ1v) is 12.1. The zero-order chi connectivity index (χ0) is 24.9. The van der Waals surface area contributed by atoms with Gasteiger partial charge in [-0.3, -0.25) is 14.8 Å². The fraction of sp³-hybridized carbons (Fsp3) is 0.440. The summed E-state index contributed by atoms with van der Waals surface area (Å²) in [6.07, 6.45) is 6.92. The molecule has 1 unspecified atom stereocenters. The zero-order valence-corrected chi connectivity index (χ0v) is 20.6. The summed E-state index contributed by atoms with van der Waals surface area (Å²) < 4.78 is 16.3. The van der Waals surface area contributed by atoms with Crippen LogP contribution >= 0.6 is 0 Å². The van der Waals surface area contributed by atoms with Crippen molar-refractivity contribution in [2.24, 2.45) is 0 Å².